The van der Waals surface area contributed by atoms with Gasteiger partial charge >= 0.3 is 0 Å². The fourth-order valence-corrected chi connectivity index (χ4v) is 1.88. The van der Waals surface area contributed by atoms with Gasteiger partial charge in [-0.15, -0.1) is 0 Å². The predicted molar refractivity (Wildman–Crippen MR) is 73.3 cm³/mol. The van der Waals surface area contributed by atoms with E-state index >= 15 is 0 Å². The van der Waals surface area contributed by atoms with E-state index in [0.717, 1.165) is 17.8 Å². The zero-order chi connectivity index (χ0) is 12.3. The summed E-state index contributed by atoms with van der Waals surface area (Å²) in [6, 6.07) is 10.6. The molecule has 2 aromatic rings. The minimum absolute atomic E-state index is 0.982. The highest BCUT2D eigenvalue weighted by Crippen LogP contribution is 2.26. The Bertz CT molecular complexity index is 501. The van der Waals surface area contributed by atoms with Crippen LogP contribution in [0.15, 0.2) is 36.5 Å². The molecular formula is C15H18N2. The van der Waals surface area contributed by atoms with E-state index in [1.165, 1.54) is 16.7 Å². The highest BCUT2D eigenvalue weighted by Gasteiger charge is 2.03. The molecule has 1 heterocycles. The standard InChI is InChI=1S/C15H18N2/c1-4-13-8-6-12(10-17-13)15-9-14(16-3)7-5-11(15)2/h5-10,16H,4H2,1-3H3. The lowest BCUT2D eigenvalue weighted by Gasteiger charge is -2.09. The van der Waals surface area contributed by atoms with Crippen molar-refractivity contribution in [3.8, 4) is 11.1 Å². The largest absolute Gasteiger partial charge is 0.388 e. The maximum atomic E-state index is 4.45. The summed E-state index contributed by atoms with van der Waals surface area (Å²) < 4.78 is 0. The van der Waals surface area contributed by atoms with Crippen molar-refractivity contribution in [3.05, 3.63) is 47.8 Å². The third-order valence-corrected chi connectivity index (χ3v) is 3.02. The predicted octanol–water partition coefficient (Wildman–Crippen LogP) is 3.66. The van der Waals surface area contributed by atoms with Gasteiger partial charge in [-0.2, -0.15) is 0 Å². The van der Waals surface area contributed by atoms with Gasteiger partial charge in [0.25, 0.3) is 0 Å². The van der Waals surface area contributed by atoms with Gasteiger partial charge in [0.15, 0.2) is 0 Å². The molecule has 0 fully saturated rings. The number of benzene rings is 1. The quantitative estimate of drug-likeness (QED) is 0.864. The number of nitrogens with zero attached hydrogens (tertiary/aromatic N) is 1. The van der Waals surface area contributed by atoms with E-state index < -0.39 is 0 Å². The lowest BCUT2D eigenvalue weighted by atomic mass is 10.0. The number of aromatic nitrogens is 1. The van der Waals surface area contributed by atoms with Crippen molar-refractivity contribution in [1.29, 1.82) is 0 Å². The van der Waals surface area contributed by atoms with E-state index in [9.17, 15) is 0 Å². The molecule has 0 saturated carbocycles. The van der Waals surface area contributed by atoms with Crippen LogP contribution in [0, 0.1) is 6.92 Å². The number of rotatable bonds is 3. The molecule has 0 aliphatic rings. The van der Waals surface area contributed by atoms with Crippen LogP contribution in [0.3, 0.4) is 0 Å². The zero-order valence-corrected chi connectivity index (χ0v) is 10.6. The van der Waals surface area contributed by atoms with Crippen molar-refractivity contribution in [3.63, 3.8) is 0 Å². The van der Waals surface area contributed by atoms with Crippen LogP contribution >= 0.6 is 0 Å². The van der Waals surface area contributed by atoms with Gasteiger partial charge in [-0.1, -0.05) is 19.1 Å². The highest BCUT2D eigenvalue weighted by atomic mass is 14.8. The summed E-state index contributed by atoms with van der Waals surface area (Å²) in [5, 5.41) is 3.17. The van der Waals surface area contributed by atoms with E-state index in [-0.39, 0.29) is 0 Å². The number of hydrogen-bond acceptors (Lipinski definition) is 2. The first-order valence-corrected chi connectivity index (χ1v) is 5.98. The molecule has 0 atom stereocenters. The monoisotopic (exact) mass is 226 g/mol. The van der Waals surface area contributed by atoms with Crippen molar-refractivity contribution in [2.75, 3.05) is 12.4 Å². The number of hydrogen-bond donors (Lipinski definition) is 1. The SMILES string of the molecule is CCc1ccc(-c2cc(NC)ccc2C)cn1. The molecule has 1 N–H and O–H groups in total. The highest BCUT2D eigenvalue weighted by molar-refractivity contribution is 5.70. The zero-order valence-electron chi connectivity index (χ0n) is 10.6. The first kappa shape index (κ1) is 11.6. The summed E-state index contributed by atoms with van der Waals surface area (Å²) in [6.07, 6.45) is 2.94. The van der Waals surface area contributed by atoms with Gasteiger partial charge in [0.1, 0.15) is 0 Å². The van der Waals surface area contributed by atoms with Gasteiger partial charge in [0, 0.05) is 30.2 Å². The van der Waals surface area contributed by atoms with E-state index in [2.05, 4.69) is 54.5 Å². The Morgan fingerprint density at radius 3 is 2.59 bits per heavy atom. The molecule has 0 bridgehead atoms. The van der Waals surface area contributed by atoms with Crippen LogP contribution in [-0.4, -0.2) is 12.0 Å². The summed E-state index contributed by atoms with van der Waals surface area (Å²) in [5.74, 6) is 0. The molecule has 0 amide bonds. The average molecular weight is 226 g/mol. The van der Waals surface area contributed by atoms with Crippen molar-refractivity contribution < 1.29 is 0 Å². The Morgan fingerprint density at radius 1 is 1.18 bits per heavy atom. The maximum absolute atomic E-state index is 4.45. The lowest BCUT2D eigenvalue weighted by molar-refractivity contribution is 1.04. The van der Waals surface area contributed by atoms with Crippen LogP contribution in [0.4, 0.5) is 5.69 Å². The summed E-state index contributed by atoms with van der Waals surface area (Å²) in [7, 11) is 1.94. The molecule has 0 saturated heterocycles. The first-order valence-electron chi connectivity index (χ1n) is 5.98. The van der Waals surface area contributed by atoms with Gasteiger partial charge in [0.05, 0.1) is 0 Å². The second-order valence-corrected chi connectivity index (χ2v) is 4.17. The van der Waals surface area contributed by atoms with Gasteiger partial charge in [-0.3, -0.25) is 4.98 Å². The lowest BCUT2D eigenvalue weighted by Crippen LogP contribution is -1.92. The molecule has 2 heteroatoms. The molecule has 0 aliphatic heterocycles. The molecule has 2 rings (SSSR count). The molecule has 88 valence electrons. The molecule has 2 nitrogen and oxygen atoms in total. The van der Waals surface area contributed by atoms with Crippen molar-refractivity contribution >= 4 is 5.69 Å². The van der Waals surface area contributed by atoms with Gasteiger partial charge in [0.2, 0.25) is 0 Å². The molecule has 0 radical (unpaired) electrons. The van der Waals surface area contributed by atoms with Crippen LogP contribution < -0.4 is 5.32 Å². The number of nitrogens with one attached hydrogen (secondary N) is 1. The Balaban J connectivity index is 2.43. The second kappa shape index (κ2) is 5.00. The fraction of sp³-hybridized carbons (Fsp3) is 0.267. The third-order valence-electron chi connectivity index (χ3n) is 3.02. The summed E-state index contributed by atoms with van der Waals surface area (Å²) in [4.78, 5) is 4.45. The van der Waals surface area contributed by atoms with E-state index in [0.29, 0.717) is 0 Å². The first-order chi connectivity index (χ1) is 8.24. The molecule has 0 aliphatic carbocycles. The van der Waals surface area contributed by atoms with Crippen LogP contribution in [0.5, 0.6) is 0 Å². The van der Waals surface area contributed by atoms with Gasteiger partial charge < -0.3 is 5.32 Å². The van der Waals surface area contributed by atoms with Crippen LogP contribution in [-0.2, 0) is 6.42 Å². The minimum atomic E-state index is 0.982. The Labute approximate surface area is 103 Å². The third kappa shape index (κ3) is 2.47. The Morgan fingerprint density at radius 2 is 2.00 bits per heavy atom. The van der Waals surface area contributed by atoms with E-state index in [1.807, 2.05) is 13.2 Å². The van der Waals surface area contributed by atoms with Crippen LogP contribution in [0.25, 0.3) is 11.1 Å². The Kier molecular flexibility index (Phi) is 3.43. The van der Waals surface area contributed by atoms with Crippen molar-refractivity contribution in [2.45, 2.75) is 20.3 Å². The molecule has 1 aromatic heterocycles. The molecular weight excluding hydrogens is 208 g/mol. The normalized spacial score (nSPS) is 10.3. The van der Waals surface area contributed by atoms with Crippen LogP contribution in [0.1, 0.15) is 18.2 Å². The maximum Gasteiger partial charge on any atom is 0.0401 e. The fourth-order valence-electron chi connectivity index (χ4n) is 1.88. The van der Waals surface area contributed by atoms with Crippen molar-refractivity contribution in [2.24, 2.45) is 0 Å². The smallest absolute Gasteiger partial charge is 0.0401 e. The number of aryl methyl sites for hydroxylation is 2. The average Bonchev–Trinajstić information content (AvgIpc) is 2.39. The van der Waals surface area contributed by atoms with E-state index in [4.69, 9.17) is 0 Å². The minimum Gasteiger partial charge on any atom is -0.388 e. The molecule has 1 aromatic carbocycles. The van der Waals surface area contributed by atoms with Crippen molar-refractivity contribution in [1.82, 2.24) is 4.98 Å². The summed E-state index contributed by atoms with van der Waals surface area (Å²) in [6.45, 7) is 4.25. The Hall–Kier alpha value is -1.83. The van der Waals surface area contributed by atoms with Gasteiger partial charge in [-0.05, 0) is 42.7 Å². The molecule has 0 spiro atoms. The summed E-state index contributed by atoms with van der Waals surface area (Å²) >= 11 is 0. The van der Waals surface area contributed by atoms with Gasteiger partial charge in [-0.25, -0.2) is 0 Å². The molecule has 17 heavy (non-hydrogen) atoms. The second-order valence-electron chi connectivity index (χ2n) is 4.17. The van der Waals surface area contributed by atoms with Crippen LogP contribution in [0.2, 0.25) is 0 Å². The van der Waals surface area contributed by atoms with E-state index in [1.54, 1.807) is 0 Å². The topological polar surface area (TPSA) is 24.9 Å². The number of pyridine rings is 1. The molecule has 0 unspecified atom stereocenters. The number of anilines is 1. The summed E-state index contributed by atoms with van der Waals surface area (Å²) in [5.41, 5.74) is 5.96.